The van der Waals surface area contributed by atoms with Crippen molar-refractivity contribution in [2.24, 2.45) is 16.3 Å². The van der Waals surface area contributed by atoms with E-state index < -0.39 is 11.8 Å². The Kier molecular flexibility index (Phi) is 15.9. The van der Waals surface area contributed by atoms with Crippen molar-refractivity contribution < 1.29 is 27.8 Å². The van der Waals surface area contributed by atoms with Gasteiger partial charge in [0, 0.05) is 19.0 Å². The predicted octanol–water partition coefficient (Wildman–Crippen LogP) is 9.16. The van der Waals surface area contributed by atoms with Crippen LogP contribution in [0.15, 0.2) is 70.7 Å². The van der Waals surface area contributed by atoms with Crippen LogP contribution in [0.4, 0.5) is 13.2 Å². The lowest BCUT2D eigenvalue weighted by Gasteiger charge is -2.42. The first kappa shape index (κ1) is 38.4. The molecule has 9 heteroatoms. The molecule has 0 amide bonds. The van der Waals surface area contributed by atoms with Gasteiger partial charge in [0.05, 0.1) is 18.1 Å². The Bertz CT molecular complexity index is 1280. The number of aliphatic imine (C=N–C) groups is 1. The fourth-order valence-electron chi connectivity index (χ4n) is 4.81. The number of ketones is 1. The zero-order valence-corrected chi connectivity index (χ0v) is 27.4. The van der Waals surface area contributed by atoms with E-state index in [1.165, 1.54) is 36.8 Å². The molecule has 0 heterocycles. The molecule has 0 unspecified atom stereocenters. The van der Waals surface area contributed by atoms with E-state index in [0.717, 1.165) is 66.8 Å². The maximum absolute atomic E-state index is 12.7. The minimum atomic E-state index is -4.74. The molecule has 0 aliphatic heterocycles. The Hall–Kier alpha value is -3.64. The Morgan fingerprint density at radius 1 is 1.16 bits per heavy atom. The molecule has 1 aliphatic rings. The van der Waals surface area contributed by atoms with Crippen molar-refractivity contribution in [2.45, 2.75) is 93.4 Å². The van der Waals surface area contributed by atoms with Crippen molar-refractivity contribution in [3.05, 3.63) is 71.2 Å². The van der Waals surface area contributed by atoms with Gasteiger partial charge >= 0.3 is 6.36 Å². The number of carbonyl (C=O) groups excluding carboxylic acids is 1. The zero-order chi connectivity index (χ0) is 33.5. The zero-order valence-electron chi connectivity index (χ0n) is 27.4. The van der Waals surface area contributed by atoms with Crippen LogP contribution in [-0.4, -0.2) is 41.5 Å². The number of aliphatic hydroxyl groups excluding tert-OH is 1. The second kappa shape index (κ2) is 18.2. The predicted molar refractivity (Wildman–Crippen MR) is 172 cm³/mol. The van der Waals surface area contributed by atoms with Gasteiger partial charge in [0.2, 0.25) is 0 Å². The minimum Gasteiger partial charge on any atom is -0.406 e. The Morgan fingerprint density at radius 2 is 1.77 bits per heavy atom. The average Bonchev–Trinajstić information content (AvgIpc) is 2.94. The molecule has 0 radical (unpaired) electrons. The van der Waals surface area contributed by atoms with E-state index in [1.54, 1.807) is 12.1 Å². The lowest BCUT2D eigenvalue weighted by molar-refractivity contribution is -0.274. The van der Waals surface area contributed by atoms with E-state index in [-0.39, 0.29) is 18.1 Å². The molecule has 1 N–H and O–H groups in total. The molecule has 6 nitrogen and oxygen atoms in total. The van der Waals surface area contributed by atoms with Crippen LogP contribution >= 0.6 is 0 Å². The van der Waals surface area contributed by atoms with Crippen LogP contribution < -0.4 is 4.74 Å². The highest BCUT2D eigenvalue weighted by atomic mass is 19.4. The SMILES string of the molecule is CC(=O)/C=C/CO.CCC/C=C(/C(C)=C(\N=C(/C)C1(C#N)CC(CC)C1)N(C)/C=C(\C)CC)c1ccc(OC(F)(F)F)cc1. The van der Waals surface area contributed by atoms with Crippen molar-refractivity contribution in [3.8, 4) is 11.8 Å². The minimum absolute atomic E-state index is 0.0333. The highest BCUT2D eigenvalue weighted by molar-refractivity contribution is 5.93. The van der Waals surface area contributed by atoms with Gasteiger partial charge in [-0.1, -0.05) is 63.5 Å². The quantitative estimate of drug-likeness (QED) is 0.136. The second-order valence-corrected chi connectivity index (χ2v) is 11.1. The third-order valence-electron chi connectivity index (χ3n) is 7.57. The van der Waals surface area contributed by atoms with Crippen molar-refractivity contribution in [2.75, 3.05) is 13.7 Å². The maximum Gasteiger partial charge on any atom is 0.573 e. The fraction of sp³-hybridized carbons (Fsp3) is 0.514. The van der Waals surface area contributed by atoms with Gasteiger partial charge in [-0.25, -0.2) is 4.99 Å². The molecule has 2 rings (SSSR count). The first-order chi connectivity index (χ1) is 20.7. The number of rotatable bonds is 13. The first-order valence-corrected chi connectivity index (χ1v) is 15.1. The number of alkyl halides is 3. The number of allylic oxidation sites excluding steroid dienone is 5. The summed E-state index contributed by atoms with van der Waals surface area (Å²) in [6.07, 6.45) is 7.43. The molecule has 1 fully saturated rings. The summed E-state index contributed by atoms with van der Waals surface area (Å²) in [5, 5.41) is 18.1. The van der Waals surface area contributed by atoms with Crippen LogP contribution in [-0.2, 0) is 4.79 Å². The molecule has 0 spiro atoms. The Labute approximate surface area is 261 Å². The molecule has 0 bridgehead atoms. The number of halogens is 3. The van der Waals surface area contributed by atoms with E-state index in [4.69, 9.17) is 10.1 Å². The fourth-order valence-corrected chi connectivity index (χ4v) is 4.81. The highest BCUT2D eigenvalue weighted by Gasteiger charge is 2.46. The number of ether oxygens (including phenoxy) is 1. The first-order valence-electron chi connectivity index (χ1n) is 15.1. The molecule has 1 aromatic rings. The summed E-state index contributed by atoms with van der Waals surface area (Å²) in [6.45, 7) is 13.7. The van der Waals surface area contributed by atoms with Crippen LogP contribution in [0.5, 0.6) is 5.75 Å². The van der Waals surface area contributed by atoms with E-state index in [2.05, 4.69) is 44.6 Å². The van der Waals surface area contributed by atoms with Crippen molar-refractivity contribution in [1.29, 1.82) is 5.26 Å². The van der Waals surface area contributed by atoms with Gasteiger partial charge in [0.1, 0.15) is 11.6 Å². The maximum atomic E-state index is 12.7. The highest BCUT2D eigenvalue weighted by Crippen LogP contribution is 2.48. The van der Waals surface area contributed by atoms with Gasteiger partial charge in [0.15, 0.2) is 5.78 Å². The largest absolute Gasteiger partial charge is 0.573 e. The number of aliphatic hydroxyl groups is 1. The van der Waals surface area contributed by atoms with Gasteiger partial charge in [-0.2, -0.15) is 5.26 Å². The second-order valence-electron chi connectivity index (χ2n) is 11.1. The number of carbonyl (C=O) groups is 1. The number of nitriles is 1. The van der Waals surface area contributed by atoms with Gasteiger partial charge < -0.3 is 14.7 Å². The van der Waals surface area contributed by atoms with E-state index >= 15 is 0 Å². The number of hydrogen-bond donors (Lipinski definition) is 1. The van der Waals surface area contributed by atoms with Crippen LogP contribution in [0.1, 0.15) is 92.6 Å². The molecule has 1 aromatic carbocycles. The third-order valence-corrected chi connectivity index (χ3v) is 7.57. The number of benzene rings is 1. The summed E-state index contributed by atoms with van der Waals surface area (Å²) in [5.41, 5.74) is 3.98. The van der Waals surface area contributed by atoms with Gasteiger partial charge in [-0.05, 0) is 94.2 Å². The number of unbranched alkanes of at least 4 members (excludes halogenated alkanes) is 1. The van der Waals surface area contributed by atoms with Gasteiger partial charge in [0.25, 0.3) is 0 Å². The topological polar surface area (TPSA) is 85.9 Å². The molecule has 0 aromatic heterocycles. The van der Waals surface area contributed by atoms with Crippen LogP contribution in [0.25, 0.3) is 5.57 Å². The van der Waals surface area contributed by atoms with E-state index in [0.29, 0.717) is 5.92 Å². The summed E-state index contributed by atoms with van der Waals surface area (Å²) >= 11 is 0. The lowest BCUT2D eigenvalue weighted by atomic mass is 9.60. The molecular weight excluding hydrogens is 567 g/mol. The monoisotopic (exact) mass is 615 g/mol. The summed E-state index contributed by atoms with van der Waals surface area (Å²) in [4.78, 5) is 17.0. The van der Waals surface area contributed by atoms with Crippen molar-refractivity contribution >= 4 is 17.1 Å². The molecular formula is C35H48F3N3O3. The summed E-state index contributed by atoms with van der Waals surface area (Å²) in [6, 6.07) is 8.47. The molecule has 0 atom stereocenters. The Morgan fingerprint density at radius 3 is 2.20 bits per heavy atom. The standard InChI is InChI=1S/C30H40F3N3O.C5H8O2/c1-8-11-12-27(25-13-15-26(16-14-25)37-30(31,32)33)22(5)28(36(7)19-21(4)9-2)35-23(6)29(20-34)17-24(10-3)18-29;1-5(7)3-2-4-6/h12-16,19,24H,8-11,17-18H2,1-7H3;2-3,6H,4H2,1H3/b21-19+,27-12-,28-22+,35-23+;3-2+. The molecule has 44 heavy (non-hydrogen) atoms. The average molecular weight is 616 g/mol. The van der Waals surface area contributed by atoms with Crippen molar-refractivity contribution in [1.82, 2.24) is 4.90 Å². The smallest absolute Gasteiger partial charge is 0.406 e. The van der Waals surface area contributed by atoms with Gasteiger partial charge in [-0.15, -0.1) is 13.2 Å². The Balaban J connectivity index is 0.00000123. The third kappa shape index (κ3) is 12.2. The molecule has 242 valence electrons. The van der Waals surface area contributed by atoms with Crippen LogP contribution in [0, 0.1) is 22.7 Å². The lowest BCUT2D eigenvalue weighted by Crippen LogP contribution is -2.41. The normalized spacial score (nSPS) is 19.8. The molecule has 0 saturated heterocycles. The molecule has 1 aliphatic carbocycles. The van der Waals surface area contributed by atoms with Crippen molar-refractivity contribution in [3.63, 3.8) is 0 Å². The number of nitrogens with zero attached hydrogens (tertiary/aromatic N) is 3. The van der Waals surface area contributed by atoms with E-state index in [1.807, 2.05) is 32.0 Å². The summed E-state index contributed by atoms with van der Waals surface area (Å²) in [7, 11) is 1.95. The number of hydrogen-bond acceptors (Lipinski definition) is 6. The van der Waals surface area contributed by atoms with Crippen LogP contribution in [0.3, 0.4) is 0 Å². The molecule has 1 saturated carbocycles. The summed E-state index contributed by atoms with van der Waals surface area (Å²) < 4.78 is 42.0. The van der Waals surface area contributed by atoms with E-state index in [9.17, 15) is 23.2 Å². The van der Waals surface area contributed by atoms with Crippen LogP contribution in [0.2, 0.25) is 0 Å². The summed E-state index contributed by atoms with van der Waals surface area (Å²) in [5.74, 6) is 0.967. The van der Waals surface area contributed by atoms with Gasteiger partial charge in [-0.3, -0.25) is 4.79 Å².